The lowest BCUT2D eigenvalue weighted by molar-refractivity contribution is 0.0945. The van der Waals surface area contributed by atoms with Gasteiger partial charge in [0.15, 0.2) is 0 Å². The molecule has 0 fully saturated rings. The highest BCUT2D eigenvalue weighted by atomic mass is 16.6. The second kappa shape index (κ2) is 5.53. The molecule has 0 radical (unpaired) electrons. The van der Waals surface area contributed by atoms with Crippen LogP contribution in [0.4, 0.5) is 4.79 Å². The standard InChI is InChI=1S/C14H17NO2/c1-2-13-9-6-10-15(13)14(16)17-11-12-7-4-3-5-8-12/h3-9,13H,2,10-11H2,1H3/t13-/m1/s1. The molecule has 0 aliphatic carbocycles. The van der Waals surface area contributed by atoms with Crippen molar-refractivity contribution in [2.75, 3.05) is 6.54 Å². The first-order valence-electron chi connectivity index (χ1n) is 5.95. The Morgan fingerprint density at radius 2 is 2.18 bits per heavy atom. The lowest BCUT2D eigenvalue weighted by atomic mass is 10.2. The molecular weight excluding hydrogens is 214 g/mol. The van der Waals surface area contributed by atoms with Crippen LogP contribution in [0, 0.1) is 0 Å². The Bertz CT molecular complexity index is 400. The molecule has 1 amide bonds. The first kappa shape index (κ1) is 11.7. The van der Waals surface area contributed by atoms with Crippen LogP contribution in [0.15, 0.2) is 42.5 Å². The quantitative estimate of drug-likeness (QED) is 0.748. The molecule has 0 saturated heterocycles. The molecule has 3 nitrogen and oxygen atoms in total. The molecule has 1 atom stereocenters. The van der Waals surface area contributed by atoms with E-state index in [2.05, 4.69) is 13.0 Å². The fraction of sp³-hybridized carbons (Fsp3) is 0.357. The minimum Gasteiger partial charge on any atom is -0.445 e. The van der Waals surface area contributed by atoms with Crippen molar-refractivity contribution in [3.63, 3.8) is 0 Å². The van der Waals surface area contributed by atoms with Crippen molar-refractivity contribution in [1.29, 1.82) is 0 Å². The van der Waals surface area contributed by atoms with E-state index < -0.39 is 0 Å². The summed E-state index contributed by atoms with van der Waals surface area (Å²) in [4.78, 5) is 13.6. The van der Waals surface area contributed by atoms with E-state index in [-0.39, 0.29) is 12.1 Å². The van der Waals surface area contributed by atoms with Crippen LogP contribution in [0.5, 0.6) is 0 Å². The molecule has 1 heterocycles. The number of benzene rings is 1. The van der Waals surface area contributed by atoms with Gasteiger partial charge in [-0.3, -0.25) is 4.90 Å². The lowest BCUT2D eigenvalue weighted by Crippen LogP contribution is -2.36. The SMILES string of the molecule is CC[C@@H]1C=CCN1C(=O)OCc1ccccc1. The number of hydrogen-bond donors (Lipinski definition) is 0. The Labute approximate surface area is 102 Å². The summed E-state index contributed by atoms with van der Waals surface area (Å²) in [5, 5.41) is 0. The van der Waals surface area contributed by atoms with Crippen LogP contribution in [0.1, 0.15) is 18.9 Å². The molecule has 0 unspecified atom stereocenters. The van der Waals surface area contributed by atoms with Crippen LogP contribution in [0.2, 0.25) is 0 Å². The van der Waals surface area contributed by atoms with E-state index in [1.54, 1.807) is 4.90 Å². The predicted molar refractivity (Wildman–Crippen MR) is 66.6 cm³/mol. The van der Waals surface area contributed by atoms with Crippen molar-refractivity contribution in [3.05, 3.63) is 48.0 Å². The highest BCUT2D eigenvalue weighted by Crippen LogP contribution is 2.14. The molecule has 0 spiro atoms. The number of hydrogen-bond acceptors (Lipinski definition) is 2. The zero-order valence-corrected chi connectivity index (χ0v) is 10.0. The largest absolute Gasteiger partial charge is 0.445 e. The van der Waals surface area contributed by atoms with Gasteiger partial charge in [0.2, 0.25) is 0 Å². The molecule has 0 N–H and O–H groups in total. The van der Waals surface area contributed by atoms with Gasteiger partial charge in [-0.1, -0.05) is 49.4 Å². The topological polar surface area (TPSA) is 29.5 Å². The minimum atomic E-state index is -0.231. The van der Waals surface area contributed by atoms with Crippen LogP contribution in [-0.4, -0.2) is 23.6 Å². The van der Waals surface area contributed by atoms with E-state index in [0.29, 0.717) is 13.2 Å². The Morgan fingerprint density at radius 3 is 2.88 bits per heavy atom. The van der Waals surface area contributed by atoms with E-state index >= 15 is 0 Å². The van der Waals surface area contributed by atoms with Gasteiger partial charge >= 0.3 is 6.09 Å². The number of carbonyl (C=O) groups is 1. The third-order valence-corrected chi connectivity index (χ3v) is 2.92. The summed E-state index contributed by atoms with van der Waals surface area (Å²) in [5.41, 5.74) is 1.01. The third kappa shape index (κ3) is 2.87. The van der Waals surface area contributed by atoms with Gasteiger partial charge < -0.3 is 4.74 Å². The molecule has 17 heavy (non-hydrogen) atoms. The molecular formula is C14H17NO2. The molecule has 2 rings (SSSR count). The molecule has 1 aliphatic rings. The number of nitrogens with zero attached hydrogens (tertiary/aromatic N) is 1. The second-order valence-electron chi connectivity index (χ2n) is 4.10. The molecule has 3 heteroatoms. The smallest absolute Gasteiger partial charge is 0.410 e. The van der Waals surface area contributed by atoms with E-state index in [4.69, 9.17) is 4.74 Å². The lowest BCUT2D eigenvalue weighted by Gasteiger charge is -2.22. The van der Waals surface area contributed by atoms with Crippen molar-refractivity contribution in [3.8, 4) is 0 Å². The Morgan fingerprint density at radius 1 is 1.41 bits per heavy atom. The Kier molecular flexibility index (Phi) is 3.81. The molecule has 1 aromatic rings. The average molecular weight is 231 g/mol. The monoisotopic (exact) mass is 231 g/mol. The maximum Gasteiger partial charge on any atom is 0.410 e. The summed E-state index contributed by atoms with van der Waals surface area (Å²) in [7, 11) is 0. The number of carbonyl (C=O) groups excluding carboxylic acids is 1. The van der Waals surface area contributed by atoms with Gasteiger partial charge in [-0.15, -0.1) is 0 Å². The first-order chi connectivity index (χ1) is 8.31. The Hall–Kier alpha value is -1.77. The van der Waals surface area contributed by atoms with Gasteiger partial charge in [0.25, 0.3) is 0 Å². The van der Waals surface area contributed by atoms with Crippen LogP contribution >= 0.6 is 0 Å². The van der Waals surface area contributed by atoms with Gasteiger partial charge in [-0.05, 0) is 12.0 Å². The summed E-state index contributed by atoms with van der Waals surface area (Å²) < 4.78 is 5.29. The van der Waals surface area contributed by atoms with Gasteiger partial charge in [-0.2, -0.15) is 0 Å². The van der Waals surface area contributed by atoms with Gasteiger partial charge in [-0.25, -0.2) is 4.79 Å². The maximum absolute atomic E-state index is 11.9. The average Bonchev–Trinajstić information content (AvgIpc) is 2.85. The van der Waals surface area contributed by atoms with Crippen molar-refractivity contribution < 1.29 is 9.53 Å². The van der Waals surface area contributed by atoms with Crippen molar-refractivity contribution >= 4 is 6.09 Å². The van der Waals surface area contributed by atoms with Crippen LogP contribution in [0.3, 0.4) is 0 Å². The fourth-order valence-electron chi connectivity index (χ4n) is 1.94. The highest BCUT2D eigenvalue weighted by molar-refractivity contribution is 5.69. The number of rotatable bonds is 3. The van der Waals surface area contributed by atoms with E-state index in [1.807, 2.05) is 36.4 Å². The van der Waals surface area contributed by atoms with Gasteiger partial charge in [0.1, 0.15) is 6.61 Å². The maximum atomic E-state index is 11.9. The first-order valence-corrected chi connectivity index (χ1v) is 5.95. The molecule has 1 aromatic carbocycles. The minimum absolute atomic E-state index is 0.193. The summed E-state index contributed by atoms with van der Waals surface area (Å²) in [6.45, 7) is 3.07. The molecule has 0 saturated carbocycles. The number of ether oxygens (including phenoxy) is 1. The molecule has 90 valence electrons. The summed E-state index contributed by atoms with van der Waals surface area (Å²) in [6.07, 6.45) is 4.77. The molecule has 0 aromatic heterocycles. The van der Waals surface area contributed by atoms with Crippen LogP contribution < -0.4 is 0 Å². The van der Waals surface area contributed by atoms with Crippen LogP contribution in [-0.2, 0) is 11.3 Å². The van der Waals surface area contributed by atoms with E-state index in [1.165, 1.54) is 0 Å². The van der Waals surface area contributed by atoms with E-state index in [9.17, 15) is 4.79 Å². The zero-order chi connectivity index (χ0) is 12.1. The highest BCUT2D eigenvalue weighted by Gasteiger charge is 2.24. The van der Waals surface area contributed by atoms with Crippen LogP contribution in [0.25, 0.3) is 0 Å². The summed E-state index contributed by atoms with van der Waals surface area (Å²) in [6, 6.07) is 9.92. The zero-order valence-electron chi connectivity index (χ0n) is 10.0. The van der Waals surface area contributed by atoms with E-state index in [0.717, 1.165) is 12.0 Å². The van der Waals surface area contributed by atoms with Gasteiger partial charge in [0, 0.05) is 6.54 Å². The van der Waals surface area contributed by atoms with Crippen molar-refractivity contribution in [1.82, 2.24) is 4.90 Å². The second-order valence-corrected chi connectivity index (χ2v) is 4.10. The predicted octanol–water partition coefficient (Wildman–Crippen LogP) is 2.97. The van der Waals surface area contributed by atoms with Crippen molar-refractivity contribution in [2.45, 2.75) is 26.0 Å². The third-order valence-electron chi connectivity index (χ3n) is 2.92. The summed E-state index contributed by atoms with van der Waals surface area (Å²) in [5.74, 6) is 0. The van der Waals surface area contributed by atoms with Crippen molar-refractivity contribution in [2.24, 2.45) is 0 Å². The summed E-state index contributed by atoms with van der Waals surface area (Å²) >= 11 is 0. The Balaban J connectivity index is 1.86. The molecule has 1 aliphatic heterocycles. The number of amides is 1. The molecule has 0 bridgehead atoms. The fourth-order valence-corrected chi connectivity index (χ4v) is 1.94. The van der Waals surface area contributed by atoms with Gasteiger partial charge in [0.05, 0.1) is 6.04 Å². The normalized spacial score (nSPS) is 18.4.